The van der Waals surface area contributed by atoms with E-state index in [2.05, 4.69) is 22.2 Å². The third-order valence-corrected chi connectivity index (χ3v) is 3.30. The van der Waals surface area contributed by atoms with Crippen LogP contribution in [0.3, 0.4) is 0 Å². The molecule has 2 N–H and O–H groups in total. The largest absolute Gasteiger partial charge is 0.381 e. The highest BCUT2D eigenvalue weighted by Crippen LogP contribution is 2.29. The first-order valence-electron chi connectivity index (χ1n) is 6.75. The maximum atomic E-state index is 9.00. The molecule has 0 saturated heterocycles. The van der Waals surface area contributed by atoms with Gasteiger partial charge in [-0.05, 0) is 12.0 Å². The second-order valence-electron chi connectivity index (χ2n) is 4.72. The van der Waals surface area contributed by atoms with Crippen LogP contribution < -0.4 is 5.73 Å². The molecule has 0 saturated carbocycles. The third kappa shape index (κ3) is 2.09. The number of hydrogen-bond donors (Lipinski definition) is 1. The third-order valence-electron chi connectivity index (χ3n) is 3.30. The van der Waals surface area contributed by atoms with Crippen molar-refractivity contribution in [2.45, 2.75) is 19.8 Å². The van der Waals surface area contributed by atoms with Crippen LogP contribution in [0.1, 0.15) is 24.7 Å². The molecule has 0 unspecified atom stereocenters. The van der Waals surface area contributed by atoms with E-state index >= 15 is 0 Å². The summed E-state index contributed by atoms with van der Waals surface area (Å²) in [5.41, 5.74) is 9.51. The molecule has 0 aliphatic heterocycles. The molecule has 104 valence electrons. The highest BCUT2D eigenvalue weighted by atomic mass is 15.3. The minimum absolute atomic E-state index is 0.0904. The van der Waals surface area contributed by atoms with Crippen molar-refractivity contribution in [2.24, 2.45) is 0 Å². The lowest BCUT2D eigenvalue weighted by Crippen LogP contribution is -2.06. The highest BCUT2D eigenvalue weighted by molar-refractivity contribution is 5.80. The summed E-state index contributed by atoms with van der Waals surface area (Å²) in [6.45, 7) is 2.09. The van der Waals surface area contributed by atoms with Crippen LogP contribution in [-0.4, -0.2) is 19.8 Å². The van der Waals surface area contributed by atoms with Crippen LogP contribution in [-0.2, 0) is 6.42 Å². The Hall–Kier alpha value is -2.94. The molecule has 0 amide bonds. The summed E-state index contributed by atoms with van der Waals surface area (Å²) in [5, 5.41) is 21.6. The quantitative estimate of drug-likeness (QED) is 0.792. The minimum Gasteiger partial charge on any atom is -0.381 e. The Kier molecular flexibility index (Phi) is 3.24. The van der Waals surface area contributed by atoms with E-state index in [0.29, 0.717) is 5.65 Å². The van der Waals surface area contributed by atoms with Crippen molar-refractivity contribution in [2.75, 3.05) is 5.73 Å². The number of rotatable bonds is 3. The van der Waals surface area contributed by atoms with Crippen molar-refractivity contribution in [1.82, 2.24) is 19.8 Å². The van der Waals surface area contributed by atoms with Crippen LogP contribution in [0.2, 0.25) is 0 Å². The van der Waals surface area contributed by atoms with Gasteiger partial charge in [-0.1, -0.05) is 43.7 Å². The lowest BCUT2D eigenvalue weighted by Gasteiger charge is -2.02. The van der Waals surface area contributed by atoms with Gasteiger partial charge in [0.25, 0.3) is 0 Å². The van der Waals surface area contributed by atoms with Gasteiger partial charge in [0, 0.05) is 0 Å². The number of aryl methyl sites for hydroxylation is 1. The van der Waals surface area contributed by atoms with Crippen LogP contribution in [0, 0.1) is 11.3 Å². The number of hydrogen-bond acceptors (Lipinski definition) is 5. The van der Waals surface area contributed by atoms with E-state index in [0.717, 1.165) is 29.7 Å². The van der Waals surface area contributed by atoms with Gasteiger partial charge in [-0.2, -0.15) is 14.9 Å². The van der Waals surface area contributed by atoms with Crippen LogP contribution in [0.15, 0.2) is 30.3 Å². The zero-order valence-electron chi connectivity index (χ0n) is 11.6. The first-order chi connectivity index (χ1) is 10.3. The number of anilines is 1. The molecular formula is C15H14N6. The first-order valence-corrected chi connectivity index (χ1v) is 6.75. The van der Waals surface area contributed by atoms with Gasteiger partial charge in [0.05, 0.1) is 11.3 Å². The average molecular weight is 278 g/mol. The summed E-state index contributed by atoms with van der Waals surface area (Å²) in [5.74, 6) is 0.224. The molecule has 3 aromatic rings. The van der Waals surface area contributed by atoms with Gasteiger partial charge in [0.1, 0.15) is 6.07 Å². The molecule has 2 heterocycles. The van der Waals surface area contributed by atoms with Crippen molar-refractivity contribution in [3.63, 3.8) is 0 Å². The molecule has 21 heavy (non-hydrogen) atoms. The molecule has 0 fully saturated rings. The van der Waals surface area contributed by atoms with Crippen molar-refractivity contribution in [1.29, 1.82) is 5.26 Å². The van der Waals surface area contributed by atoms with Gasteiger partial charge in [0.2, 0.25) is 5.69 Å². The monoisotopic (exact) mass is 278 g/mol. The van der Waals surface area contributed by atoms with E-state index in [-0.39, 0.29) is 11.5 Å². The predicted molar refractivity (Wildman–Crippen MR) is 79.3 cm³/mol. The lowest BCUT2D eigenvalue weighted by molar-refractivity contribution is 0.826. The number of aromatic nitrogens is 4. The maximum absolute atomic E-state index is 9.00. The van der Waals surface area contributed by atoms with Crippen molar-refractivity contribution in [3.8, 4) is 17.2 Å². The van der Waals surface area contributed by atoms with Crippen LogP contribution in [0.25, 0.3) is 16.8 Å². The molecule has 0 bridgehead atoms. The van der Waals surface area contributed by atoms with E-state index in [9.17, 15) is 0 Å². The number of nitrogens with zero attached hydrogens (tertiary/aromatic N) is 5. The average Bonchev–Trinajstić information content (AvgIpc) is 2.88. The van der Waals surface area contributed by atoms with Crippen molar-refractivity contribution in [3.05, 3.63) is 41.7 Å². The number of nitrogen functional groups attached to an aromatic ring is 1. The fraction of sp³-hybridized carbons (Fsp3) is 0.200. The second kappa shape index (κ2) is 5.21. The molecule has 0 aliphatic carbocycles. The predicted octanol–water partition coefficient (Wildman–Crippen LogP) is 2.20. The van der Waals surface area contributed by atoms with E-state index < -0.39 is 0 Å². The molecular weight excluding hydrogens is 264 g/mol. The fourth-order valence-electron chi connectivity index (χ4n) is 2.35. The van der Waals surface area contributed by atoms with Crippen LogP contribution in [0.5, 0.6) is 0 Å². The Balaban J connectivity index is 2.34. The van der Waals surface area contributed by atoms with E-state index in [1.54, 1.807) is 0 Å². The van der Waals surface area contributed by atoms with E-state index in [1.807, 2.05) is 36.4 Å². The molecule has 6 nitrogen and oxygen atoms in total. The highest BCUT2D eigenvalue weighted by Gasteiger charge is 2.18. The molecule has 6 heteroatoms. The summed E-state index contributed by atoms with van der Waals surface area (Å²) < 4.78 is 1.51. The Labute approximate surface area is 121 Å². The minimum atomic E-state index is 0.0904. The molecule has 0 aliphatic rings. The van der Waals surface area contributed by atoms with Crippen molar-refractivity contribution >= 4 is 11.5 Å². The molecule has 0 atom stereocenters. The van der Waals surface area contributed by atoms with Crippen LogP contribution >= 0.6 is 0 Å². The summed E-state index contributed by atoms with van der Waals surface area (Å²) in [7, 11) is 0. The zero-order valence-corrected chi connectivity index (χ0v) is 11.6. The number of nitriles is 1. The van der Waals surface area contributed by atoms with Crippen molar-refractivity contribution < 1.29 is 0 Å². The van der Waals surface area contributed by atoms with E-state index in [1.165, 1.54) is 4.52 Å². The topological polar surface area (TPSA) is 92.9 Å². The standard InChI is InChI=1S/C15H14N6/c1-2-6-11-13(10-7-4-3-5-8-10)15-19-18-12(9-16)14(17)21(15)20-11/h3-5,7-8H,2,6,17H2,1H3. The van der Waals surface area contributed by atoms with Crippen LogP contribution in [0.4, 0.5) is 5.82 Å². The molecule has 0 spiro atoms. The van der Waals surface area contributed by atoms with Gasteiger partial charge in [-0.15, -0.1) is 10.2 Å². The van der Waals surface area contributed by atoms with Gasteiger partial charge in [0.15, 0.2) is 11.5 Å². The summed E-state index contributed by atoms with van der Waals surface area (Å²) >= 11 is 0. The van der Waals surface area contributed by atoms with Gasteiger partial charge in [-0.3, -0.25) is 0 Å². The summed E-state index contributed by atoms with van der Waals surface area (Å²) in [4.78, 5) is 0. The number of fused-ring (bicyclic) bond motifs is 1. The van der Waals surface area contributed by atoms with Gasteiger partial charge >= 0.3 is 0 Å². The number of nitrogens with two attached hydrogens (primary N) is 1. The fourth-order valence-corrected chi connectivity index (χ4v) is 2.35. The smallest absolute Gasteiger partial charge is 0.205 e. The van der Waals surface area contributed by atoms with E-state index in [4.69, 9.17) is 11.0 Å². The SMILES string of the molecule is CCCc1nn2c(N)c(C#N)nnc2c1-c1ccccc1. The lowest BCUT2D eigenvalue weighted by atomic mass is 10.0. The summed E-state index contributed by atoms with van der Waals surface area (Å²) in [6.07, 6.45) is 1.77. The molecule has 3 rings (SSSR count). The Morgan fingerprint density at radius 3 is 2.67 bits per heavy atom. The Bertz CT molecular complexity index is 829. The molecule has 0 radical (unpaired) electrons. The summed E-state index contributed by atoms with van der Waals surface area (Å²) in [6, 6.07) is 11.8. The molecule has 2 aromatic heterocycles. The Morgan fingerprint density at radius 2 is 2.00 bits per heavy atom. The van der Waals surface area contributed by atoms with Gasteiger partial charge in [-0.25, -0.2) is 0 Å². The maximum Gasteiger partial charge on any atom is 0.205 e. The van der Waals surface area contributed by atoms with Gasteiger partial charge < -0.3 is 5.73 Å². The zero-order chi connectivity index (χ0) is 14.8. The number of benzene rings is 1. The second-order valence-corrected chi connectivity index (χ2v) is 4.72. The molecule has 1 aromatic carbocycles. The first kappa shape index (κ1) is 13.1. The Morgan fingerprint density at radius 1 is 1.24 bits per heavy atom. The normalized spacial score (nSPS) is 10.7.